The van der Waals surface area contributed by atoms with Crippen molar-refractivity contribution >= 4 is 5.57 Å². The maximum atomic E-state index is 2.54. The van der Waals surface area contributed by atoms with Crippen LogP contribution in [0.3, 0.4) is 0 Å². The number of nitrogens with zero attached hydrogens (tertiary/aromatic N) is 1. The molecule has 5 aromatic rings. The molecule has 0 aliphatic carbocycles. The van der Waals surface area contributed by atoms with E-state index in [1.807, 2.05) is 0 Å². The minimum Gasteiger partial charge on any atom is -0.351 e. The topological polar surface area (TPSA) is 3.01 Å². The maximum Gasteiger partial charge on any atom is 0.115 e. The van der Waals surface area contributed by atoms with Crippen LogP contribution in [0.1, 0.15) is 33.9 Å². The Balaban J connectivity index is 1.60. The minimum atomic E-state index is -0.279. The normalized spacial score (nSPS) is 15.9. The van der Waals surface area contributed by atoms with Gasteiger partial charge in [-0.2, -0.15) is 0 Å². The van der Waals surface area contributed by atoms with Gasteiger partial charge < -0.3 is 4.90 Å². The molecular weight excluding hydrogens is 422 g/mol. The number of hydrogen-bond donors (Lipinski definition) is 0. The summed E-state index contributed by atoms with van der Waals surface area (Å²) >= 11 is 0. The van der Waals surface area contributed by atoms with Crippen LogP contribution < -0.4 is 0 Å². The predicted molar refractivity (Wildman–Crippen MR) is 145 cm³/mol. The molecule has 0 spiro atoms. The van der Waals surface area contributed by atoms with E-state index in [1.165, 1.54) is 33.4 Å². The third kappa shape index (κ3) is 3.76. The lowest BCUT2D eigenvalue weighted by Crippen LogP contribution is -2.16. The monoisotopic (exact) mass is 449 g/mol. The zero-order valence-corrected chi connectivity index (χ0v) is 19.5. The lowest BCUT2D eigenvalue weighted by atomic mass is 9.85. The van der Waals surface area contributed by atoms with Gasteiger partial charge in [0.05, 0.1) is 6.04 Å². The highest BCUT2D eigenvalue weighted by atomic mass is 15.4. The molecule has 1 saturated heterocycles. The first-order valence-electron chi connectivity index (χ1n) is 12.2. The molecule has 6 rings (SSSR count). The Hall–Kier alpha value is -4.36. The summed E-state index contributed by atoms with van der Waals surface area (Å²) in [5.41, 5.74) is 7.30. The molecule has 0 aromatic heterocycles. The van der Waals surface area contributed by atoms with Crippen LogP contribution in [0.15, 0.2) is 158 Å². The van der Waals surface area contributed by atoms with Crippen molar-refractivity contribution in [1.82, 2.24) is 4.90 Å². The summed E-state index contributed by atoms with van der Waals surface area (Å²) in [6.45, 7) is 0. The maximum absolute atomic E-state index is 2.54. The van der Waals surface area contributed by atoms with Crippen molar-refractivity contribution in [1.29, 1.82) is 0 Å². The second kappa shape index (κ2) is 9.12. The molecule has 1 nitrogen and oxygen atoms in total. The van der Waals surface area contributed by atoms with E-state index in [0.717, 1.165) is 0 Å². The highest BCUT2D eigenvalue weighted by Gasteiger charge is 2.64. The Bertz CT molecular complexity index is 1330. The Morgan fingerprint density at radius 3 is 1.29 bits per heavy atom. The van der Waals surface area contributed by atoms with Crippen LogP contribution in [0.4, 0.5) is 0 Å². The smallest absolute Gasteiger partial charge is 0.115 e. The molecule has 0 N–H and O–H groups in total. The largest absolute Gasteiger partial charge is 0.351 e. The Morgan fingerprint density at radius 1 is 0.486 bits per heavy atom. The van der Waals surface area contributed by atoms with Crippen LogP contribution in [0, 0.1) is 0 Å². The van der Waals surface area contributed by atoms with Crippen molar-refractivity contribution in [3.63, 3.8) is 0 Å². The van der Waals surface area contributed by atoms with E-state index in [9.17, 15) is 0 Å². The minimum absolute atomic E-state index is 0.191. The molecule has 1 unspecified atom stereocenters. The van der Waals surface area contributed by atoms with Crippen LogP contribution in [-0.2, 0) is 5.54 Å². The first kappa shape index (κ1) is 21.2. The van der Waals surface area contributed by atoms with Gasteiger partial charge in [0.25, 0.3) is 0 Å². The molecule has 0 amide bonds. The van der Waals surface area contributed by atoms with E-state index in [-0.39, 0.29) is 11.6 Å². The van der Waals surface area contributed by atoms with Gasteiger partial charge in [-0.05, 0) is 27.8 Å². The van der Waals surface area contributed by atoms with Crippen molar-refractivity contribution in [3.8, 4) is 0 Å². The highest BCUT2D eigenvalue weighted by Crippen LogP contribution is 2.64. The first-order valence-corrected chi connectivity index (χ1v) is 12.2. The summed E-state index contributed by atoms with van der Waals surface area (Å²) in [5, 5.41) is 0. The molecule has 168 valence electrons. The van der Waals surface area contributed by atoms with E-state index in [1.54, 1.807) is 0 Å². The number of hydrogen-bond acceptors (Lipinski definition) is 1. The summed E-state index contributed by atoms with van der Waals surface area (Å²) in [6.07, 6.45) is 2.38. The van der Waals surface area contributed by atoms with Gasteiger partial charge in [-0.15, -0.1) is 0 Å². The Morgan fingerprint density at radius 2 is 0.857 bits per heavy atom. The van der Waals surface area contributed by atoms with Crippen molar-refractivity contribution in [3.05, 3.63) is 186 Å². The van der Waals surface area contributed by atoms with Crippen molar-refractivity contribution in [2.75, 3.05) is 0 Å². The third-order valence-corrected chi connectivity index (χ3v) is 6.99. The lowest BCUT2D eigenvalue weighted by molar-refractivity contribution is 0.585. The van der Waals surface area contributed by atoms with E-state index in [4.69, 9.17) is 0 Å². The first-order chi connectivity index (χ1) is 17.4. The molecule has 1 heterocycles. The molecule has 0 bridgehead atoms. The molecule has 1 heteroatoms. The Labute approximate surface area is 207 Å². The third-order valence-electron chi connectivity index (χ3n) is 6.99. The van der Waals surface area contributed by atoms with Crippen molar-refractivity contribution < 1.29 is 0 Å². The van der Waals surface area contributed by atoms with Gasteiger partial charge >= 0.3 is 0 Å². The standard InChI is InChI=1S/C34H27N/c1-6-16-27(17-7-1)32(28-18-8-2-9-19-28)26-35-33(29-20-10-3-11-21-29)34(35,30-22-12-4-13-23-30)31-24-14-5-15-25-31/h1-26,33H. The number of benzene rings is 5. The van der Waals surface area contributed by atoms with Crippen molar-refractivity contribution in [2.24, 2.45) is 0 Å². The van der Waals surface area contributed by atoms with E-state index in [0.29, 0.717) is 0 Å². The van der Waals surface area contributed by atoms with E-state index in [2.05, 4.69) is 163 Å². The predicted octanol–water partition coefficient (Wildman–Crippen LogP) is 8.08. The summed E-state index contributed by atoms with van der Waals surface area (Å²) in [6, 6.07) is 54.4. The van der Waals surface area contributed by atoms with E-state index >= 15 is 0 Å². The SMILES string of the molecule is C(=C(c1ccccc1)c1ccccc1)N1C(c2ccccc2)C1(c1ccccc1)c1ccccc1. The van der Waals surface area contributed by atoms with Crippen LogP contribution in [-0.4, -0.2) is 4.90 Å². The summed E-state index contributed by atoms with van der Waals surface area (Å²) in [7, 11) is 0. The number of rotatable bonds is 6. The summed E-state index contributed by atoms with van der Waals surface area (Å²) in [5.74, 6) is 0. The zero-order chi connectivity index (χ0) is 23.5. The second-order valence-electron chi connectivity index (χ2n) is 8.99. The van der Waals surface area contributed by atoms with Crippen LogP contribution in [0.2, 0.25) is 0 Å². The van der Waals surface area contributed by atoms with Crippen LogP contribution in [0.5, 0.6) is 0 Å². The fourth-order valence-electron chi connectivity index (χ4n) is 5.38. The Kier molecular flexibility index (Phi) is 5.52. The molecule has 1 atom stereocenters. The van der Waals surface area contributed by atoms with Gasteiger partial charge in [0.1, 0.15) is 5.54 Å². The van der Waals surface area contributed by atoms with Gasteiger partial charge in [0.2, 0.25) is 0 Å². The molecule has 0 radical (unpaired) electrons. The molecule has 5 aromatic carbocycles. The van der Waals surface area contributed by atoms with Crippen LogP contribution >= 0.6 is 0 Å². The van der Waals surface area contributed by atoms with Gasteiger partial charge in [-0.1, -0.05) is 152 Å². The molecule has 0 saturated carbocycles. The molecule has 1 aliphatic heterocycles. The fraction of sp³-hybridized carbons (Fsp3) is 0.0588. The zero-order valence-electron chi connectivity index (χ0n) is 19.5. The highest BCUT2D eigenvalue weighted by molar-refractivity contribution is 5.80. The molecule has 1 aliphatic rings. The fourth-order valence-corrected chi connectivity index (χ4v) is 5.38. The quantitative estimate of drug-likeness (QED) is 0.237. The van der Waals surface area contributed by atoms with Gasteiger partial charge in [0.15, 0.2) is 0 Å². The second-order valence-corrected chi connectivity index (χ2v) is 8.99. The van der Waals surface area contributed by atoms with Gasteiger partial charge in [-0.25, -0.2) is 0 Å². The average molecular weight is 450 g/mol. The van der Waals surface area contributed by atoms with Gasteiger partial charge in [-0.3, -0.25) is 0 Å². The van der Waals surface area contributed by atoms with Gasteiger partial charge in [0, 0.05) is 11.8 Å². The van der Waals surface area contributed by atoms with Crippen LogP contribution in [0.25, 0.3) is 5.57 Å². The summed E-state index contributed by atoms with van der Waals surface area (Å²) in [4.78, 5) is 2.54. The average Bonchev–Trinajstić information content (AvgIpc) is 3.63. The lowest BCUT2D eigenvalue weighted by Gasteiger charge is -2.19. The van der Waals surface area contributed by atoms with E-state index < -0.39 is 0 Å². The molecule has 1 fully saturated rings. The van der Waals surface area contributed by atoms with Crippen molar-refractivity contribution in [2.45, 2.75) is 11.6 Å². The molecule has 35 heavy (non-hydrogen) atoms. The molecular formula is C34H27N. The summed E-state index contributed by atoms with van der Waals surface area (Å²) < 4.78 is 0.